The van der Waals surface area contributed by atoms with Gasteiger partial charge in [0.05, 0.1) is 6.42 Å². The van der Waals surface area contributed by atoms with Crippen molar-refractivity contribution in [3.63, 3.8) is 0 Å². The molecule has 0 bridgehead atoms. The molecule has 30 heavy (non-hydrogen) atoms. The highest BCUT2D eigenvalue weighted by atomic mass is 19.3. The summed E-state index contributed by atoms with van der Waals surface area (Å²) in [7, 11) is 0. The van der Waals surface area contributed by atoms with Crippen molar-refractivity contribution < 1.29 is 23.1 Å². The van der Waals surface area contributed by atoms with Crippen LogP contribution in [0.2, 0.25) is 0 Å². The van der Waals surface area contributed by atoms with Gasteiger partial charge in [-0.15, -0.1) is 0 Å². The summed E-state index contributed by atoms with van der Waals surface area (Å²) in [5.74, 6) is -0.259. The first kappa shape index (κ1) is 20.8. The largest absolute Gasteiger partial charge is 0.435 e. The molecule has 8 heteroatoms. The number of hydrogen-bond acceptors (Lipinski definition) is 3. The quantitative estimate of drug-likeness (QED) is 0.505. The molecule has 3 amide bonds. The van der Waals surface area contributed by atoms with Gasteiger partial charge in [0.25, 0.3) is 0 Å². The number of rotatable bonds is 7. The molecule has 0 atom stereocenters. The number of para-hydroxylation sites is 1. The minimum atomic E-state index is -2.89. The monoisotopic (exact) mass is 411 g/mol. The van der Waals surface area contributed by atoms with E-state index in [1.54, 1.807) is 48.5 Å². The van der Waals surface area contributed by atoms with E-state index in [-0.39, 0.29) is 18.1 Å². The molecule has 0 unspecified atom stereocenters. The zero-order valence-electron chi connectivity index (χ0n) is 15.8. The van der Waals surface area contributed by atoms with Crippen LogP contribution in [0.4, 0.5) is 30.6 Å². The van der Waals surface area contributed by atoms with E-state index in [0.717, 1.165) is 0 Å². The van der Waals surface area contributed by atoms with E-state index in [4.69, 9.17) is 0 Å². The molecule has 0 radical (unpaired) electrons. The lowest BCUT2D eigenvalue weighted by molar-refractivity contribution is -0.115. The first-order chi connectivity index (χ1) is 14.5. The Hall–Kier alpha value is -3.94. The van der Waals surface area contributed by atoms with Gasteiger partial charge in [-0.2, -0.15) is 8.78 Å². The second kappa shape index (κ2) is 10.0. The highest BCUT2D eigenvalue weighted by molar-refractivity contribution is 6.00. The zero-order valence-corrected chi connectivity index (χ0v) is 15.8. The average molecular weight is 411 g/mol. The Bertz CT molecular complexity index is 996. The molecule has 154 valence electrons. The summed E-state index contributed by atoms with van der Waals surface area (Å²) in [4.78, 5) is 24.3. The Balaban J connectivity index is 1.54. The number of anilines is 3. The molecule has 0 aliphatic heterocycles. The van der Waals surface area contributed by atoms with E-state index >= 15 is 0 Å². The number of amides is 3. The minimum absolute atomic E-state index is 0.0294. The molecule has 0 saturated carbocycles. The van der Waals surface area contributed by atoms with E-state index in [9.17, 15) is 18.4 Å². The molecule has 0 fully saturated rings. The summed E-state index contributed by atoms with van der Waals surface area (Å²) in [5, 5.41) is 8.14. The van der Waals surface area contributed by atoms with Gasteiger partial charge < -0.3 is 20.7 Å². The number of halogens is 2. The summed E-state index contributed by atoms with van der Waals surface area (Å²) in [6.45, 7) is -2.89. The molecule has 3 rings (SSSR count). The van der Waals surface area contributed by atoms with E-state index in [1.807, 2.05) is 18.2 Å². The number of carbonyl (C=O) groups is 2. The molecule has 0 aromatic heterocycles. The third kappa shape index (κ3) is 6.59. The van der Waals surface area contributed by atoms with Crippen LogP contribution in [0.1, 0.15) is 5.56 Å². The van der Waals surface area contributed by atoms with Crippen molar-refractivity contribution in [2.45, 2.75) is 13.0 Å². The van der Waals surface area contributed by atoms with Gasteiger partial charge in [0.1, 0.15) is 5.75 Å². The molecule has 0 aliphatic carbocycles. The van der Waals surface area contributed by atoms with Gasteiger partial charge >= 0.3 is 12.6 Å². The van der Waals surface area contributed by atoms with Crippen molar-refractivity contribution in [2.24, 2.45) is 0 Å². The van der Waals surface area contributed by atoms with Crippen molar-refractivity contribution in [3.05, 3.63) is 84.4 Å². The molecule has 0 heterocycles. The van der Waals surface area contributed by atoms with Gasteiger partial charge in [0.15, 0.2) is 0 Å². The number of ether oxygens (including phenoxy) is 1. The number of carbonyl (C=O) groups excluding carboxylic acids is 2. The zero-order chi connectivity index (χ0) is 21.3. The molecule has 3 aromatic carbocycles. The van der Waals surface area contributed by atoms with Crippen LogP contribution in [-0.2, 0) is 11.2 Å². The second-order valence-corrected chi connectivity index (χ2v) is 6.27. The van der Waals surface area contributed by atoms with Crippen molar-refractivity contribution in [2.75, 3.05) is 16.0 Å². The number of hydrogen-bond donors (Lipinski definition) is 3. The van der Waals surface area contributed by atoms with Gasteiger partial charge in [0.2, 0.25) is 5.91 Å². The van der Waals surface area contributed by atoms with Crippen LogP contribution >= 0.6 is 0 Å². The van der Waals surface area contributed by atoms with Crippen molar-refractivity contribution >= 4 is 29.0 Å². The Morgan fingerprint density at radius 1 is 0.767 bits per heavy atom. The maximum absolute atomic E-state index is 12.3. The lowest BCUT2D eigenvalue weighted by Gasteiger charge is -2.10. The first-order valence-corrected chi connectivity index (χ1v) is 9.05. The third-order valence-corrected chi connectivity index (χ3v) is 3.95. The predicted octanol–water partition coefficient (Wildman–Crippen LogP) is 5.11. The highest BCUT2D eigenvalue weighted by Crippen LogP contribution is 2.18. The summed E-state index contributed by atoms with van der Waals surface area (Å²) in [5.41, 5.74) is 2.32. The molecule has 0 spiro atoms. The fourth-order valence-electron chi connectivity index (χ4n) is 2.67. The summed E-state index contributed by atoms with van der Waals surface area (Å²) in [6.07, 6.45) is 0.0567. The number of nitrogens with one attached hydrogen (secondary N) is 3. The Kier molecular flexibility index (Phi) is 6.94. The van der Waals surface area contributed by atoms with E-state index in [2.05, 4.69) is 20.7 Å². The lowest BCUT2D eigenvalue weighted by atomic mass is 10.1. The van der Waals surface area contributed by atoms with Crippen molar-refractivity contribution in [3.8, 4) is 5.75 Å². The first-order valence-electron chi connectivity index (χ1n) is 9.05. The molecule has 3 N–H and O–H groups in total. The van der Waals surface area contributed by atoms with Crippen molar-refractivity contribution in [1.29, 1.82) is 0 Å². The Morgan fingerprint density at radius 3 is 2.03 bits per heavy atom. The summed E-state index contributed by atoms with van der Waals surface area (Å²) < 4.78 is 28.6. The molecule has 6 nitrogen and oxygen atoms in total. The fourth-order valence-corrected chi connectivity index (χ4v) is 2.67. The molecular formula is C22H19F2N3O3. The molecular weight excluding hydrogens is 392 g/mol. The van der Waals surface area contributed by atoms with Gasteiger partial charge in [-0.05, 0) is 48.0 Å². The van der Waals surface area contributed by atoms with Crippen LogP contribution in [0.25, 0.3) is 0 Å². The number of urea groups is 1. The normalized spacial score (nSPS) is 10.4. The van der Waals surface area contributed by atoms with E-state index in [0.29, 0.717) is 22.6 Å². The summed E-state index contributed by atoms with van der Waals surface area (Å²) in [6, 6.07) is 21.2. The van der Waals surface area contributed by atoms with Crippen molar-refractivity contribution in [1.82, 2.24) is 0 Å². The maximum atomic E-state index is 12.3. The molecule has 3 aromatic rings. The molecule has 0 aliphatic rings. The third-order valence-electron chi connectivity index (χ3n) is 3.95. The minimum Gasteiger partial charge on any atom is -0.435 e. The second-order valence-electron chi connectivity index (χ2n) is 6.27. The van der Waals surface area contributed by atoms with Crippen LogP contribution < -0.4 is 20.7 Å². The average Bonchev–Trinajstić information content (AvgIpc) is 2.70. The lowest BCUT2D eigenvalue weighted by Crippen LogP contribution is -2.19. The standard InChI is InChI=1S/C22H19F2N3O3/c23-21(24)30-19-11-9-15(10-12-19)13-20(28)25-17-7-4-8-18(14-17)27-22(29)26-16-5-2-1-3-6-16/h1-12,14,21H,13H2,(H,25,28)(H2,26,27,29). The van der Waals surface area contributed by atoms with Crippen LogP contribution in [-0.4, -0.2) is 18.5 Å². The van der Waals surface area contributed by atoms with Gasteiger partial charge in [-0.3, -0.25) is 4.79 Å². The van der Waals surface area contributed by atoms with Gasteiger partial charge in [0, 0.05) is 17.1 Å². The van der Waals surface area contributed by atoms with Crippen LogP contribution in [0.3, 0.4) is 0 Å². The highest BCUT2D eigenvalue weighted by Gasteiger charge is 2.08. The molecule has 0 saturated heterocycles. The van der Waals surface area contributed by atoms with Gasteiger partial charge in [-0.1, -0.05) is 36.4 Å². The van der Waals surface area contributed by atoms with Crippen LogP contribution in [0, 0.1) is 0 Å². The SMILES string of the molecule is O=C(Cc1ccc(OC(F)F)cc1)Nc1cccc(NC(=O)Nc2ccccc2)c1. The predicted molar refractivity (Wildman–Crippen MR) is 111 cm³/mol. The fraction of sp³-hybridized carbons (Fsp3) is 0.0909. The number of benzene rings is 3. The van der Waals surface area contributed by atoms with Gasteiger partial charge in [-0.25, -0.2) is 4.79 Å². The van der Waals surface area contributed by atoms with Crippen LogP contribution in [0.5, 0.6) is 5.75 Å². The number of alkyl halides is 2. The van der Waals surface area contributed by atoms with E-state index in [1.165, 1.54) is 12.1 Å². The maximum Gasteiger partial charge on any atom is 0.387 e. The Labute approximate surface area is 171 Å². The van der Waals surface area contributed by atoms with Crippen LogP contribution in [0.15, 0.2) is 78.9 Å². The Morgan fingerprint density at radius 2 is 1.37 bits per heavy atom. The summed E-state index contributed by atoms with van der Waals surface area (Å²) >= 11 is 0. The van der Waals surface area contributed by atoms with E-state index < -0.39 is 12.6 Å². The topological polar surface area (TPSA) is 79.5 Å². The smallest absolute Gasteiger partial charge is 0.387 e.